The first-order valence-electron chi connectivity index (χ1n) is 10.0. The van der Waals surface area contributed by atoms with Crippen LogP contribution in [-0.2, 0) is 25.4 Å². The molecule has 0 aliphatic carbocycles. The molecule has 0 bridgehead atoms. The Labute approximate surface area is 185 Å². The Kier molecular flexibility index (Phi) is 6.06. The summed E-state index contributed by atoms with van der Waals surface area (Å²) in [7, 11) is 0. The molecular weight excluding hydrogens is 448 g/mol. The highest BCUT2D eigenvalue weighted by atomic mass is 19.4. The fourth-order valence-corrected chi connectivity index (χ4v) is 3.83. The molecule has 4 rings (SSSR count). The van der Waals surface area contributed by atoms with Crippen molar-refractivity contribution in [3.05, 3.63) is 76.5 Å². The highest BCUT2D eigenvalue weighted by molar-refractivity contribution is 5.86. The second-order valence-electron chi connectivity index (χ2n) is 7.59. The summed E-state index contributed by atoms with van der Waals surface area (Å²) in [6.45, 7) is 0.772. The molecular formula is C23H19F6N3O. The van der Waals surface area contributed by atoms with Gasteiger partial charge >= 0.3 is 12.4 Å². The summed E-state index contributed by atoms with van der Waals surface area (Å²) in [6, 6.07) is 9.42. The Morgan fingerprint density at radius 3 is 2.00 bits per heavy atom. The number of fused-ring (bicyclic) bond motifs is 1. The van der Waals surface area contributed by atoms with Gasteiger partial charge in [-0.15, -0.1) is 0 Å². The Balaban J connectivity index is 1.75. The van der Waals surface area contributed by atoms with Gasteiger partial charge in [0.2, 0.25) is 0 Å². The molecule has 0 amide bonds. The summed E-state index contributed by atoms with van der Waals surface area (Å²) in [5.41, 5.74) is 2.20. The van der Waals surface area contributed by atoms with Crippen molar-refractivity contribution >= 4 is 11.6 Å². The van der Waals surface area contributed by atoms with Crippen LogP contribution in [0, 0.1) is 0 Å². The maximum atomic E-state index is 12.9. The Bertz CT molecular complexity index is 1160. The SMILES string of the molecule is OCCn1nc(-c2ccc(C(F)(F)F)cc2)c2c1/C(=C/c1ccc(C(F)(F)F)cc1)CNC2. The van der Waals surface area contributed by atoms with Gasteiger partial charge in [-0.2, -0.15) is 31.4 Å². The highest BCUT2D eigenvalue weighted by Gasteiger charge is 2.31. The summed E-state index contributed by atoms with van der Waals surface area (Å²) in [4.78, 5) is 0. The van der Waals surface area contributed by atoms with Crippen molar-refractivity contribution in [1.29, 1.82) is 0 Å². The van der Waals surface area contributed by atoms with E-state index in [2.05, 4.69) is 10.4 Å². The van der Waals surface area contributed by atoms with E-state index in [0.29, 0.717) is 35.6 Å². The fourth-order valence-electron chi connectivity index (χ4n) is 3.83. The minimum atomic E-state index is -4.45. The van der Waals surface area contributed by atoms with E-state index in [1.165, 1.54) is 24.3 Å². The molecule has 1 aliphatic heterocycles. The Hall–Kier alpha value is -3.11. The molecule has 0 saturated heterocycles. The molecule has 2 N–H and O–H groups in total. The lowest BCUT2D eigenvalue weighted by Crippen LogP contribution is -2.24. The molecule has 0 spiro atoms. The molecule has 0 saturated carbocycles. The number of hydrogen-bond donors (Lipinski definition) is 2. The van der Waals surface area contributed by atoms with Crippen LogP contribution in [0.2, 0.25) is 0 Å². The van der Waals surface area contributed by atoms with Gasteiger partial charge < -0.3 is 10.4 Å². The van der Waals surface area contributed by atoms with Crippen LogP contribution in [0.3, 0.4) is 0 Å². The van der Waals surface area contributed by atoms with Crippen LogP contribution in [0.5, 0.6) is 0 Å². The topological polar surface area (TPSA) is 50.1 Å². The molecule has 1 aliphatic rings. The minimum absolute atomic E-state index is 0.160. The van der Waals surface area contributed by atoms with E-state index in [-0.39, 0.29) is 13.2 Å². The molecule has 2 heterocycles. The number of nitrogens with zero attached hydrogens (tertiary/aromatic N) is 2. The number of hydrogen-bond acceptors (Lipinski definition) is 3. The standard InChI is InChI=1S/C23H19F6N3O/c24-22(25,26)17-5-1-14(2-6-17)11-16-12-30-13-19-20(31-32(9-10-33)21(16)19)15-3-7-18(8-4-15)23(27,28)29/h1-8,11,30,33H,9-10,12-13H2/b16-11+. The molecule has 10 heteroatoms. The number of aromatic nitrogens is 2. The summed E-state index contributed by atoms with van der Waals surface area (Å²) in [5.74, 6) is 0. The number of alkyl halides is 6. The lowest BCUT2D eigenvalue weighted by atomic mass is 9.96. The highest BCUT2D eigenvalue weighted by Crippen LogP contribution is 2.36. The van der Waals surface area contributed by atoms with Gasteiger partial charge in [-0.1, -0.05) is 24.3 Å². The first-order valence-corrected chi connectivity index (χ1v) is 10.0. The predicted octanol–water partition coefficient (Wildman–Crippen LogP) is 5.22. The van der Waals surface area contributed by atoms with E-state index in [1.54, 1.807) is 10.8 Å². The van der Waals surface area contributed by atoms with E-state index in [0.717, 1.165) is 35.4 Å². The first-order chi connectivity index (χ1) is 15.6. The molecule has 4 nitrogen and oxygen atoms in total. The molecule has 0 radical (unpaired) electrons. The number of aliphatic hydroxyl groups is 1. The van der Waals surface area contributed by atoms with Crippen LogP contribution in [0.1, 0.15) is 27.9 Å². The van der Waals surface area contributed by atoms with Crippen molar-refractivity contribution in [2.45, 2.75) is 25.4 Å². The van der Waals surface area contributed by atoms with Gasteiger partial charge in [0.1, 0.15) is 0 Å². The van der Waals surface area contributed by atoms with Crippen LogP contribution >= 0.6 is 0 Å². The van der Waals surface area contributed by atoms with Crippen LogP contribution in [0.15, 0.2) is 48.5 Å². The maximum Gasteiger partial charge on any atom is 0.416 e. The minimum Gasteiger partial charge on any atom is -0.394 e. The van der Waals surface area contributed by atoms with Crippen LogP contribution < -0.4 is 5.32 Å². The number of nitrogens with one attached hydrogen (secondary N) is 1. The second-order valence-corrected chi connectivity index (χ2v) is 7.59. The predicted molar refractivity (Wildman–Crippen MR) is 111 cm³/mol. The normalized spacial score (nSPS) is 15.7. The van der Waals surface area contributed by atoms with Gasteiger partial charge in [-0.05, 0) is 41.5 Å². The largest absolute Gasteiger partial charge is 0.416 e. The molecule has 1 aromatic heterocycles. The van der Waals surface area contributed by atoms with Gasteiger partial charge in [-0.3, -0.25) is 4.68 Å². The monoisotopic (exact) mass is 467 g/mol. The van der Waals surface area contributed by atoms with E-state index >= 15 is 0 Å². The van der Waals surface area contributed by atoms with Gasteiger partial charge in [0.15, 0.2) is 0 Å². The smallest absolute Gasteiger partial charge is 0.394 e. The summed E-state index contributed by atoms with van der Waals surface area (Å²) >= 11 is 0. The van der Waals surface area contributed by atoms with Gasteiger partial charge in [0, 0.05) is 24.2 Å². The Morgan fingerprint density at radius 2 is 1.45 bits per heavy atom. The summed E-state index contributed by atoms with van der Waals surface area (Å²) in [6.07, 6.45) is -7.15. The molecule has 33 heavy (non-hydrogen) atoms. The van der Waals surface area contributed by atoms with E-state index in [9.17, 15) is 31.4 Å². The average molecular weight is 467 g/mol. The zero-order valence-corrected chi connectivity index (χ0v) is 17.1. The van der Waals surface area contributed by atoms with Gasteiger partial charge in [0.05, 0.1) is 35.7 Å². The first kappa shape index (κ1) is 23.1. The molecule has 0 unspecified atom stereocenters. The zero-order chi connectivity index (χ0) is 23.8. The fraction of sp³-hybridized carbons (Fsp3) is 0.261. The van der Waals surface area contributed by atoms with E-state index < -0.39 is 23.5 Å². The molecule has 2 aromatic carbocycles. The lowest BCUT2D eigenvalue weighted by molar-refractivity contribution is -0.138. The molecule has 3 aromatic rings. The van der Waals surface area contributed by atoms with Crippen molar-refractivity contribution < 1.29 is 31.4 Å². The third-order valence-electron chi connectivity index (χ3n) is 5.35. The molecule has 174 valence electrons. The summed E-state index contributed by atoms with van der Waals surface area (Å²) < 4.78 is 78.9. The van der Waals surface area contributed by atoms with Crippen molar-refractivity contribution in [2.75, 3.05) is 13.2 Å². The van der Waals surface area contributed by atoms with Crippen LogP contribution in [-0.4, -0.2) is 28.0 Å². The lowest BCUT2D eigenvalue weighted by Gasteiger charge is -2.19. The van der Waals surface area contributed by atoms with Crippen molar-refractivity contribution in [2.24, 2.45) is 0 Å². The number of rotatable bonds is 4. The zero-order valence-electron chi connectivity index (χ0n) is 17.1. The second kappa shape index (κ2) is 8.68. The molecule has 0 atom stereocenters. The number of benzene rings is 2. The van der Waals surface area contributed by atoms with Crippen LogP contribution in [0.25, 0.3) is 22.9 Å². The third kappa shape index (κ3) is 4.81. The molecule has 0 fully saturated rings. The average Bonchev–Trinajstić information content (AvgIpc) is 3.13. The number of halogens is 6. The van der Waals surface area contributed by atoms with E-state index in [4.69, 9.17) is 0 Å². The van der Waals surface area contributed by atoms with Crippen molar-refractivity contribution in [3.8, 4) is 11.3 Å². The van der Waals surface area contributed by atoms with Crippen molar-refractivity contribution in [1.82, 2.24) is 15.1 Å². The Morgan fingerprint density at radius 1 is 0.879 bits per heavy atom. The van der Waals surface area contributed by atoms with E-state index in [1.807, 2.05) is 0 Å². The maximum absolute atomic E-state index is 12.9. The van der Waals surface area contributed by atoms with Crippen LogP contribution in [0.4, 0.5) is 26.3 Å². The summed E-state index contributed by atoms with van der Waals surface area (Å²) in [5, 5.41) is 17.2. The number of aliphatic hydroxyl groups excluding tert-OH is 1. The van der Waals surface area contributed by atoms with Gasteiger partial charge in [-0.25, -0.2) is 0 Å². The van der Waals surface area contributed by atoms with Gasteiger partial charge in [0.25, 0.3) is 0 Å². The third-order valence-corrected chi connectivity index (χ3v) is 5.35. The van der Waals surface area contributed by atoms with Crippen molar-refractivity contribution in [3.63, 3.8) is 0 Å². The quantitative estimate of drug-likeness (QED) is 0.517.